The molecule has 0 radical (unpaired) electrons. The van der Waals surface area contributed by atoms with Crippen LogP contribution in [0.1, 0.15) is 21.7 Å². The van der Waals surface area contributed by atoms with Gasteiger partial charge in [0.15, 0.2) is 0 Å². The molecule has 2 aromatic rings. The van der Waals surface area contributed by atoms with Crippen molar-refractivity contribution in [1.29, 1.82) is 0 Å². The maximum atomic E-state index is 12.8. The largest absolute Gasteiger partial charge is 0.368 e. The Balaban J connectivity index is 1.69. The Kier molecular flexibility index (Phi) is 4.35. The fraction of sp³-hybridized carbons (Fsp3) is 0.389. The average Bonchev–Trinajstić information content (AvgIpc) is 2.82. The molecule has 1 saturated heterocycles. The third-order valence-electron chi connectivity index (χ3n) is 4.75. The molecular weight excluding hydrogens is 310 g/mol. The van der Waals surface area contributed by atoms with Crippen molar-refractivity contribution >= 4 is 23.2 Å². The van der Waals surface area contributed by atoms with E-state index >= 15 is 0 Å². The molecule has 0 bridgehead atoms. The standard InChI is InChI=1S/C18H22ClN3O/c1-13-11-17(14(2)20(13)3)18(23)22-9-7-21(8-10-22)16-6-4-5-15(19)12-16/h4-6,11-12H,7-10H2,1-3H3. The van der Waals surface area contributed by atoms with Crippen molar-refractivity contribution in [2.45, 2.75) is 13.8 Å². The first-order valence-electron chi connectivity index (χ1n) is 7.90. The lowest BCUT2D eigenvalue weighted by Crippen LogP contribution is -2.48. The highest BCUT2D eigenvalue weighted by atomic mass is 35.5. The highest BCUT2D eigenvalue weighted by Crippen LogP contribution is 2.22. The van der Waals surface area contributed by atoms with Gasteiger partial charge in [-0.2, -0.15) is 0 Å². The second-order valence-electron chi connectivity index (χ2n) is 6.10. The summed E-state index contributed by atoms with van der Waals surface area (Å²) >= 11 is 6.06. The Labute approximate surface area is 142 Å². The van der Waals surface area contributed by atoms with Gasteiger partial charge in [-0.05, 0) is 38.1 Å². The maximum absolute atomic E-state index is 12.8. The third-order valence-corrected chi connectivity index (χ3v) is 4.98. The summed E-state index contributed by atoms with van der Waals surface area (Å²) in [6.07, 6.45) is 0. The predicted molar refractivity (Wildman–Crippen MR) is 94.5 cm³/mol. The summed E-state index contributed by atoms with van der Waals surface area (Å²) in [6, 6.07) is 9.87. The van der Waals surface area contributed by atoms with E-state index in [1.54, 1.807) is 0 Å². The van der Waals surface area contributed by atoms with Crippen LogP contribution in [-0.2, 0) is 7.05 Å². The number of piperazine rings is 1. The molecule has 1 aliphatic rings. The molecule has 4 nitrogen and oxygen atoms in total. The Bertz CT molecular complexity index is 730. The van der Waals surface area contributed by atoms with Gasteiger partial charge in [0.1, 0.15) is 0 Å². The van der Waals surface area contributed by atoms with Crippen LogP contribution in [0, 0.1) is 13.8 Å². The first kappa shape index (κ1) is 15.9. The number of amides is 1. The van der Waals surface area contributed by atoms with Gasteiger partial charge in [-0.25, -0.2) is 0 Å². The number of aromatic nitrogens is 1. The molecule has 0 saturated carbocycles. The number of carbonyl (C=O) groups is 1. The molecule has 0 spiro atoms. The fourth-order valence-corrected chi connectivity index (χ4v) is 3.27. The third kappa shape index (κ3) is 3.08. The van der Waals surface area contributed by atoms with Gasteiger partial charge in [-0.1, -0.05) is 17.7 Å². The summed E-state index contributed by atoms with van der Waals surface area (Å²) in [5.41, 5.74) is 4.09. The zero-order chi connectivity index (χ0) is 16.6. The van der Waals surface area contributed by atoms with Crippen molar-refractivity contribution in [2.24, 2.45) is 7.05 Å². The Hall–Kier alpha value is -1.94. The lowest BCUT2D eigenvalue weighted by molar-refractivity contribution is 0.0746. The van der Waals surface area contributed by atoms with E-state index in [1.165, 1.54) is 0 Å². The van der Waals surface area contributed by atoms with Crippen LogP contribution in [0.25, 0.3) is 0 Å². The topological polar surface area (TPSA) is 28.5 Å². The zero-order valence-corrected chi connectivity index (χ0v) is 14.6. The summed E-state index contributed by atoms with van der Waals surface area (Å²) in [5.74, 6) is 0.136. The van der Waals surface area contributed by atoms with Crippen molar-refractivity contribution in [3.8, 4) is 0 Å². The first-order valence-corrected chi connectivity index (χ1v) is 8.28. The molecule has 0 N–H and O–H groups in total. The van der Waals surface area contributed by atoms with Crippen LogP contribution in [-0.4, -0.2) is 41.6 Å². The second-order valence-corrected chi connectivity index (χ2v) is 6.54. The second kappa shape index (κ2) is 6.28. The van der Waals surface area contributed by atoms with Crippen molar-refractivity contribution in [3.63, 3.8) is 0 Å². The number of anilines is 1. The van der Waals surface area contributed by atoms with Gasteiger partial charge in [-0.3, -0.25) is 4.79 Å². The van der Waals surface area contributed by atoms with Crippen LogP contribution in [0.5, 0.6) is 0 Å². The van der Waals surface area contributed by atoms with Crippen LogP contribution >= 0.6 is 11.6 Å². The number of hydrogen-bond acceptors (Lipinski definition) is 2. The summed E-state index contributed by atoms with van der Waals surface area (Å²) < 4.78 is 2.06. The van der Waals surface area contributed by atoms with E-state index in [1.807, 2.05) is 50.1 Å². The van der Waals surface area contributed by atoms with Gasteiger partial charge < -0.3 is 14.4 Å². The van der Waals surface area contributed by atoms with Crippen molar-refractivity contribution in [3.05, 3.63) is 52.3 Å². The monoisotopic (exact) mass is 331 g/mol. The molecule has 5 heteroatoms. The Morgan fingerprint density at radius 3 is 2.35 bits per heavy atom. The molecule has 1 aromatic heterocycles. The molecule has 1 fully saturated rings. The molecular formula is C18H22ClN3O. The summed E-state index contributed by atoms with van der Waals surface area (Å²) in [4.78, 5) is 17.0. The van der Waals surface area contributed by atoms with E-state index in [0.717, 1.165) is 53.8 Å². The highest BCUT2D eigenvalue weighted by Gasteiger charge is 2.24. The Morgan fingerprint density at radius 2 is 1.78 bits per heavy atom. The van der Waals surface area contributed by atoms with E-state index in [-0.39, 0.29) is 5.91 Å². The number of rotatable bonds is 2. The van der Waals surface area contributed by atoms with E-state index in [4.69, 9.17) is 11.6 Å². The molecule has 0 atom stereocenters. The van der Waals surface area contributed by atoms with Gasteiger partial charge in [0.2, 0.25) is 0 Å². The number of aryl methyl sites for hydroxylation is 1. The van der Waals surface area contributed by atoms with Gasteiger partial charge in [0, 0.05) is 55.3 Å². The maximum Gasteiger partial charge on any atom is 0.255 e. The number of carbonyl (C=O) groups excluding carboxylic acids is 1. The number of benzene rings is 1. The lowest BCUT2D eigenvalue weighted by atomic mass is 10.2. The summed E-state index contributed by atoms with van der Waals surface area (Å²) in [6.45, 7) is 7.16. The van der Waals surface area contributed by atoms with E-state index < -0.39 is 0 Å². The normalized spacial score (nSPS) is 15.1. The van der Waals surface area contributed by atoms with Crippen LogP contribution in [0.2, 0.25) is 5.02 Å². The van der Waals surface area contributed by atoms with Gasteiger partial charge in [-0.15, -0.1) is 0 Å². The minimum Gasteiger partial charge on any atom is -0.368 e. The molecule has 0 unspecified atom stereocenters. The van der Waals surface area contributed by atoms with Crippen LogP contribution < -0.4 is 4.90 Å². The molecule has 1 aromatic carbocycles. The van der Waals surface area contributed by atoms with Gasteiger partial charge >= 0.3 is 0 Å². The zero-order valence-electron chi connectivity index (χ0n) is 13.8. The molecule has 1 amide bonds. The highest BCUT2D eigenvalue weighted by molar-refractivity contribution is 6.30. The van der Waals surface area contributed by atoms with Gasteiger partial charge in [0.25, 0.3) is 5.91 Å². The van der Waals surface area contributed by atoms with E-state index in [9.17, 15) is 4.79 Å². The SMILES string of the molecule is Cc1cc(C(=O)N2CCN(c3cccc(Cl)c3)CC2)c(C)n1C. The number of halogens is 1. The smallest absolute Gasteiger partial charge is 0.255 e. The van der Waals surface area contributed by atoms with Gasteiger partial charge in [0.05, 0.1) is 5.56 Å². The molecule has 122 valence electrons. The Morgan fingerprint density at radius 1 is 1.09 bits per heavy atom. The fourth-order valence-electron chi connectivity index (χ4n) is 3.08. The lowest BCUT2D eigenvalue weighted by Gasteiger charge is -2.36. The minimum absolute atomic E-state index is 0.136. The van der Waals surface area contributed by atoms with Crippen LogP contribution in [0.4, 0.5) is 5.69 Å². The molecule has 1 aliphatic heterocycles. The molecule has 0 aliphatic carbocycles. The summed E-state index contributed by atoms with van der Waals surface area (Å²) in [5, 5.41) is 0.747. The minimum atomic E-state index is 0.136. The average molecular weight is 332 g/mol. The molecule has 2 heterocycles. The first-order chi connectivity index (χ1) is 11.0. The summed E-state index contributed by atoms with van der Waals surface area (Å²) in [7, 11) is 2.00. The number of nitrogens with zero attached hydrogens (tertiary/aromatic N) is 3. The van der Waals surface area contributed by atoms with Crippen LogP contribution in [0.15, 0.2) is 30.3 Å². The van der Waals surface area contributed by atoms with Crippen molar-refractivity contribution in [2.75, 3.05) is 31.1 Å². The van der Waals surface area contributed by atoms with Crippen molar-refractivity contribution < 1.29 is 4.79 Å². The van der Waals surface area contributed by atoms with E-state index in [2.05, 4.69) is 15.5 Å². The molecule has 23 heavy (non-hydrogen) atoms. The van der Waals surface area contributed by atoms with E-state index in [0.29, 0.717) is 0 Å². The number of hydrogen-bond donors (Lipinski definition) is 0. The predicted octanol–water partition coefficient (Wildman–Crippen LogP) is 3.26. The van der Waals surface area contributed by atoms with Crippen LogP contribution in [0.3, 0.4) is 0 Å². The van der Waals surface area contributed by atoms with Crippen molar-refractivity contribution in [1.82, 2.24) is 9.47 Å². The molecule has 3 rings (SSSR count). The quantitative estimate of drug-likeness (QED) is 0.845.